The van der Waals surface area contributed by atoms with E-state index in [9.17, 15) is 4.79 Å². The van der Waals surface area contributed by atoms with Gasteiger partial charge in [-0.25, -0.2) is 9.78 Å². The number of dihydropyridines is 1. The predicted octanol–water partition coefficient (Wildman–Crippen LogP) is 3.15. The number of aromatic amines is 1. The number of aryl methyl sites for hydroxylation is 1. The molecule has 1 spiro atoms. The maximum atomic E-state index is 12.7. The lowest BCUT2D eigenvalue weighted by Gasteiger charge is -2.32. The van der Waals surface area contributed by atoms with E-state index in [1.54, 1.807) is 12.4 Å². The number of rotatable bonds is 2. The zero-order valence-corrected chi connectivity index (χ0v) is 17.5. The number of fused-ring (bicyclic) bond motifs is 3. The van der Waals surface area contributed by atoms with E-state index in [2.05, 4.69) is 63.3 Å². The number of urea groups is 1. The molecular weight excluding hydrogens is 390 g/mol. The smallest absolute Gasteiger partial charge is 0.324 e. The van der Waals surface area contributed by atoms with Crippen LogP contribution in [0.15, 0.2) is 53.8 Å². The summed E-state index contributed by atoms with van der Waals surface area (Å²) in [4.78, 5) is 26.3. The summed E-state index contributed by atoms with van der Waals surface area (Å²) in [6.07, 6.45) is 18.0. The summed E-state index contributed by atoms with van der Waals surface area (Å²) in [6, 6.07) is 2.26. The fourth-order valence-corrected chi connectivity index (χ4v) is 5.33. The van der Waals surface area contributed by atoms with Crippen molar-refractivity contribution in [2.45, 2.75) is 37.8 Å². The van der Waals surface area contributed by atoms with Crippen LogP contribution in [-0.2, 0) is 12.0 Å². The number of allylic oxidation sites excluding steroid dienone is 3. The molecule has 2 aromatic heterocycles. The summed E-state index contributed by atoms with van der Waals surface area (Å²) >= 11 is 0. The van der Waals surface area contributed by atoms with Crippen molar-refractivity contribution < 1.29 is 4.79 Å². The normalized spacial score (nSPS) is 30.5. The van der Waals surface area contributed by atoms with Gasteiger partial charge in [-0.1, -0.05) is 37.3 Å². The molecule has 3 aliphatic heterocycles. The Bertz CT molecular complexity index is 1150. The quantitative estimate of drug-likeness (QED) is 0.789. The Morgan fingerprint density at radius 2 is 2.19 bits per heavy atom. The van der Waals surface area contributed by atoms with E-state index in [0.717, 1.165) is 37.2 Å². The van der Waals surface area contributed by atoms with Crippen molar-refractivity contribution >= 4 is 23.8 Å². The summed E-state index contributed by atoms with van der Waals surface area (Å²) in [6.45, 7) is 4.53. The maximum Gasteiger partial charge on any atom is 0.324 e. The number of aromatic nitrogens is 4. The molecule has 2 amide bonds. The number of carbonyl (C=O) groups excluding carboxylic acids is 1. The fraction of sp³-hybridized carbons (Fsp3) is 0.391. The van der Waals surface area contributed by atoms with E-state index >= 15 is 0 Å². The van der Waals surface area contributed by atoms with E-state index in [0.29, 0.717) is 12.5 Å². The van der Waals surface area contributed by atoms with Crippen LogP contribution in [0.4, 0.5) is 10.7 Å². The standard InChI is InChI=1S/C23H25N7O/c1-22-5-3-2-4-18(22)26-14-16(13-22)17-12-19-23(7-11-30(19)28-17)6-10-29(15-23)21(31)27-20-24-8-9-25-20/h2-5,8-9,12-14,18H,6-7,10-11,15H2,1H3,(H2,24,25,27,31). The average Bonchev–Trinajstić information content (AvgIpc) is 3.54. The number of imidazole rings is 1. The summed E-state index contributed by atoms with van der Waals surface area (Å²) in [5.74, 6) is 0.478. The third-order valence-electron chi connectivity index (χ3n) is 7.12. The SMILES string of the molecule is CC12C=CC=CC1N=CC(c1cc3n(n1)CCC31CCN(C(=O)Nc3ncc[nH]3)C1)=C2. The molecule has 1 aliphatic carbocycles. The second-order valence-electron chi connectivity index (χ2n) is 9.14. The molecule has 4 aliphatic rings. The second-order valence-corrected chi connectivity index (χ2v) is 9.14. The average molecular weight is 416 g/mol. The molecule has 0 aromatic carbocycles. The predicted molar refractivity (Wildman–Crippen MR) is 119 cm³/mol. The first-order chi connectivity index (χ1) is 15.0. The van der Waals surface area contributed by atoms with E-state index < -0.39 is 0 Å². The molecule has 3 atom stereocenters. The van der Waals surface area contributed by atoms with Crippen LogP contribution < -0.4 is 5.32 Å². The number of carbonyl (C=O) groups is 1. The van der Waals surface area contributed by atoms with Gasteiger partial charge in [0.15, 0.2) is 0 Å². The van der Waals surface area contributed by atoms with Gasteiger partial charge in [0.25, 0.3) is 0 Å². The molecule has 8 nitrogen and oxygen atoms in total. The molecule has 0 saturated carbocycles. The van der Waals surface area contributed by atoms with Crippen LogP contribution in [0, 0.1) is 5.41 Å². The molecule has 1 fully saturated rings. The highest BCUT2D eigenvalue weighted by Crippen LogP contribution is 2.44. The van der Waals surface area contributed by atoms with Crippen molar-refractivity contribution in [3.63, 3.8) is 0 Å². The van der Waals surface area contributed by atoms with Gasteiger partial charge in [0.2, 0.25) is 5.95 Å². The summed E-state index contributed by atoms with van der Waals surface area (Å²) in [7, 11) is 0. The lowest BCUT2D eigenvalue weighted by atomic mass is 9.76. The van der Waals surface area contributed by atoms with Gasteiger partial charge in [-0.3, -0.25) is 15.0 Å². The van der Waals surface area contributed by atoms with Crippen LogP contribution in [0.25, 0.3) is 5.57 Å². The van der Waals surface area contributed by atoms with Crippen LogP contribution in [-0.4, -0.2) is 56.0 Å². The van der Waals surface area contributed by atoms with Crippen LogP contribution in [0.1, 0.15) is 31.2 Å². The van der Waals surface area contributed by atoms with Crippen LogP contribution in [0.3, 0.4) is 0 Å². The third-order valence-corrected chi connectivity index (χ3v) is 7.12. The fourth-order valence-electron chi connectivity index (χ4n) is 5.33. The van der Waals surface area contributed by atoms with Gasteiger partial charge in [-0.2, -0.15) is 5.10 Å². The Kier molecular flexibility index (Phi) is 3.87. The minimum absolute atomic E-state index is 0.0297. The van der Waals surface area contributed by atoms with Crippen LogP contribution in [0.2, 0.25) is 0 Å². The Hall–Kier alpha value is -3.42. The van der Waals surface area contributed by atoms with E-state index in [4.69, 9.17) is 10.1 Å². The van der Waals surface area contributed by atoms with Gasteiger partial charge in [-0.05, 0) is 18.9 Å². The molecular formula is C23H25N7O. The number of aliphatic imine (C=N–C) groups is 1. The zero-order valence-electron chi connectivity index (χ0n) is 17.5. The summed E-state index contributed by atoms with van der Waals surface area (Å²) in [5, 5.41) is 7.75. The number of anilines is 1. The van der Waals surface area contributed by atoms with Gasteiger partial charge < -0.3 is 9.88 Å². The largest absolute Gasteiger partial charge is 0.331 e. The van der Waals surface area contributed by atoms with E-state index in [1.807, 2.05) is 11.1 Å². The van der Waals surface area contributed by atoms with Gasteiger partial charge in [0.1, 0.15) is 0 Å². The summed E-state index contributed by atoms with van der Waals surface area (Å²) < 4.78 is 2.13. The van der Waals surface area contributed by atoms with Crippen molar-refractivity contribution in [3.05, 3.63) is 60.2 Å². The Labute approximate surface area is 180 Å². The Morgan fingerprint density at radius 1 is 1.29 bits per heavy atom. The third kappa shape index (κ3) is 2.89. The first-order valence-corrected chi connectivity index (χ1v) is 10.8. The lowest BCUT2D eigenvalue weighted by Crippen LogP contribution is -2.36. The topological polar surface area (TPSA) is 91.2 Å². The van der Waals surface area contributed by atoms with Crippen LogP contribution >= 0.6 is 0 Å². The first-order valence-electron chi connectivity index (χ1n) is 10.8. The van der Waals surface area contributed by atoms with Gasteiger partial charge in [0.05, 0.1) is 11.7 Å². The molecule has 0 bridgehead atoms. The lowest BCUT2D eigenvalue weighted by molar-refractivity contribution is 0.219. The van der Waals surface area contributed by atoms with Crippen molar-refractivity contribution in [3.8, 4) is 0 Å². The molecule has 1 saturated heterocycles. The molecule has 2 N–H and O–H groups in total. The minimum atomic E-state index is -0.112. The minimum Gasteiger partial charge on any atom is -0.331 e. The molecule has 3 unspecified atom stereocenters. The number of H-pyrrole nitrogens is 1. The number of nitrogens with zero attached hydrogens (tertiary/aromatic N) is 5. The number of likely N-dealkylation sites (tertiary alicyclic amines) is 1. The molecule has 6 rings (SSSR count). The molecule has 5 heterocycles. The molecule has 31 heavy (non-hydrogen) atoms. The first kappa shape index (κ1) is 18.4. The van der Waals surface area contributed by atoms with E-state index in [1.165, 1.54) is 5.69 Å². The highest BCUT2D eigenvalue weighted by Gasteiger charge is 2.47. The monoisotopic (exact) mass is 415 g/mol. The number of nitrogens with one attached hydrogen (secondary N) is 2. The Balaban J connectivity index is 1.24. The highest BCUT2D eigenvalue weighted by atomic mass is 16.2. The van der Waals surface area contributed by atoms with Gasteiger partial charge >= 0.3 is 6.03 Å². The van der Waals surface area contributed by atoms with Crippen molar-refractivity contribution in [2.75, 3.05) is 18.4 Å². The molecule has 8 heteroatoms. The van der Waals surface area contributed by atoms with Crippen molar-refractivity contribution in [1.29, 1.82) is 0 Å². The number of hydrogen-bond donors (Lipinski definition) is 2. The van der Waals surface area contributed by atoms with Gasteiger partial charge in [-0.15, -0.1) is 0 Å². The molecule has 158 valence electrons. The molecule has 0 radical (unpaired) electrons. The van der Waals surface area contributed by atoms with Crippen molar-refractivity contribution in [1.82, 2.24) is 24.6 Å². The number of amides is 2. The zero-order chi connectivity index (χ0) is 21.1. The summed E-state index contributed by atoms with van der Waals surface area (Å²) in [5.41, 5.74) is 3.13. The Morgan fingerprint density at radius 3 is 3.06 bits per heavy atom. The maximum absolute atomic E-state index is 12.7. The highest BCUT2D eigenvalue weighted by molar-refractivity contribution is 6.10. The van der Waals surface area contributed by atoms with E-state index in [-0.39, 0.29) is 22.9 Å². The second kappa shape index (κ2) is 6.54. The van der Waals surface area contributed by atoms with Crippen LogP contribution in [0.5, 0.6) is 0 Å². The van der Waals surface area contributed by atoms with Crippen molar-refractivity contribution in [2.24, 2.45) is 10.4 Å². The molecule has 2 aromatic rings. The van der Waals surface area contributed by atoms with Gasteiger partial charge in [0, 0.05) is 60.3 Å². The number of hydrogen-bond acceptors (Lipinski definition) is 4.